The molecule has 0 aliphatic carbocycles. The van der Waals surface area contributed by atoms with Crippen molar-refractivity contribution >= 4 is 21.9 Å². The summed E-state index contributed by atoms with van der Waals surface area (Å²) in [5.41, 5.74) is 3.09. The molecule has 1 aromatic heterocycles. The molecular weight excluding hydrogens is 406 g/mol. The van der Waals surface area contributed by atoms with Gasteiger partial charge in [0.05, 0.1) is 11.4 Å². The van der Waals surface area contributed by atoms with Gasteiger partial charge in [-0.3, -0.25) is 0 Å². The summed E-state index contributed by atoms with van der Waals surface area (Å²) < 4.78 is 2.68. The van der Waals surface area contributed by atoms with E-state index in [0.29, 0.717) is 12.1 Å². The summed E-state index contributed by atoms with van der Waals surface area (Å²) in [4.78, 5) is 11.9. The number of rotatable bonds is 5. The molecule has 5 nitrogen and oxygen atoms in total. The molecule has 0 fully saturated rings. The zero-order valence-electron chi connectivity index (χ0n) is 15.5. The first-order chi connectivity index (χ1) is 12.8. The zero-order valence-corrected chi connectivity index (χ0v) is 17.1. The van der Waals surface area contributed by atoms with Gasteiger partial charge < -0.3 is 10.4 Å². The molecule has 1 heterocycles. The summed E-state index contributed by atoms with van der Waals surface area (Å²) in [5.74, 6) is -1.03. The number of nitrogens with zero attached hydrogens (tertiary/aromatic N) is 2. The highest BCUT2D eigenvalue weighted by Gasteiger charge is 2.25. The zero-order chi connectivity index (χ0) is 19.6. The smallest absolute Gasteiger partial charge is 0.356 e. The van der Waals surface area contributed by atoms with Crippen molar-refractivity contribution in [1.82, 2.24) is 15.1 Å². The summed E-state index contributed by atoms with van der Waals surface area (Å²) in [6, 6.07) is 17.4. The Labute approximate surface area is 167 Å². The maximum atomic E-state index is 11.9. The molecule has 0 bridgehead atoms. The molecule has 0 saturated carbocycles. The lowest BCUT2D eigenvalue weighted by Crippen LogP contribution is -2.35. The Morgan fingerprint density at radius 1 is 1.11 bits per heavy atom. The number of carbonyl (C=O) groups is 1. The molecule has 2 aromatic carbocycles. The van der Waals surface area contributed by atoms with E-state index in [2.05, 4.69) is 26.3 Å². The number of hydrogen-bond acceptors (Lipinski definition) is 3. The van der Waals surface area contributed by atoms with Crippen molar-refractivity contribution in [1.29, 1.82) is 0 Å². The van der Waals surface area contributed by atoms with E-state index in [1.807, 2.05) is 75.4 Å². The van der Waals surface area contributed by atoms with Crippen LogP contribution in [0.4, 0.5) is 0 Å². The molecular formula is C21H22BrN3O2. The van der Waals surface area contributed by atoms with Crippen LogP contribution in [0, 0.1) is 0 Å². The molecule has 3 aromatic rings. The minimum atomic E-state index is -1.03. The van der Waals surface area contributed by atoms with Gasteiger partial charge in [0.1, 0.15) is 0 Å². The molecule has 140 valence electrons. The Kier molecular flexibility index (Phi) is 5.48. The Hall–Kier alpha value is -2.44. The Balaban J connectivity index is 2.24. The standard InChI is InChI=1S/C21H22BrN3O2/c1-21(2,3)23-13-17-18(20(26)27)24-25(16-7-5-4-6-8-16)19(17)14-9-11-15(22)12-10-14/h4-12,23H,13H2,1-3H3,(H,26,27). The number of hydrogen-bond donors (Lipinski definition) is 2. The van der Waals surface area contributed by atoms with Crippen molar-refractivity contribution in [3.05, 3.63) is 70.3 Å². The Bertz CT molecular complexity index is 942. The topological polar surface area (TPSA) is 67.2 Å². The predicted molar refractivity (Wildman–Crippen MR) is 110 cm³/mol. The van der Waals surface area contributed by atoms with Gasteiger partial charge in [0, 0.05) is 27.7 Å². The molecule has 6 heteroatoms. The molecule has 0 spiro atoms. The molecule has 0 saturated heterocycles. The lowest BCUT2D eigenvalue weighted by Gasteiger charge is -2.21. The molecule has 2 N–H and O–H groups in total. The van der Waals surface area contributed by atoms with Crippen LogP contribution in [0.15, 0.2) is 59.1 Å². The monoisotopic (exact) mass is 427 g/mol. The Morgan fingerprint density at radius 2 is 1.74 bits per heavy atom. The molecule has 0 radical (unpaired) electrons. The maximum Gasteiger partial charge on any atom is 0.356 e. The lowest BCUT2D eigenvalue weighted by molar-refractivity contribution is 0.0688. The van der Waals surface area contributed by atoms with E-state index in [4.69, 9.17) is 0 Å². The molecule has 0 atom stereocenters. The second-order valence-electron chi connectivity index (χ2n) is 7.34. The predicted octanol–water partition coefficient (Wildman–Crippen LogP) is 4.89. The first-order valence-electron chi connectivity index (χ1n) is 8.68. The van der Waals surface area contributed by atoms with E-state index >= 15 is 0 Å². The molecule has 3 rings (SSSR count). The quantitative estimate of drug-likeness (QED) is 0.608. The third kappa shape index (κ3) is 4.46. The van der Waals surface area contributed by atoms with E-state index in [1.165, 1.54) is 0 Å². The molecule has 0 unspecified atom stereocenters. The minimum Gasteiger partial charge on any atom is -0.476 e. The Morgan fingerprint density at radius 3 is 2.30 bits per heavy atom. The number of para-hydroxylation sites is 1. The van der Waals surface area contributed by atoms with Gasteiger partial charge >= 0.3 is 5.97 Å². The third-order valence-electron chi connectivity index (χ3n) is 4.10. The van der Waals surface area contributed by atoms with Crippen LogP contribution in [0.25, 0.3) is 16.9 Å². The number of carboxylic acids is 1. The maximum absolute atomic E-state index is 11.9. The number of aromatic carboxylic acids is 1. The van der Waals surface area contributed by atoms with Crippen LogP contribution in [-0.2, 0) is 6.54 Å². The molecule has 0 aliphatic rings. The van der Waals surface area contributed by atoms with E-state index in [-0.39, 0.29) is 11.2 Å². The molecule has 0 amide bonds. The normalized spacial score (nSPS) is 11.6. The summed E-state index contributed by atoms with van der Waals surface area (Å²) in [7, 11) is 0. The summed E-state index contributed by atoms with van der Waals surface area (Å²) in [6.07, 6.45) is 0. The second kappa shape index (κ2) is 7.66. The van der Waals surface area contributed by atoms with Gasteiger partial charge in [0.15, 0.2) is 5.69 Å². The van der Waals surface area contributed by atoms with Gasteiger partial charge in [-0.25, -0.2) is 9.48 Å². The third-order valence-corrected chi connectivity index (χ3v) is 4.63. The van der Waals surface area contributed by atoms with Gasteiger partial charge in [-0.1, -0.05) is 46.3 Å². The molecule has 27 heavy (non-hydrogen) atoms. The largest absolute Gasteiger partial charge is 0.476 e. The van der Waals surface area contributed by atoms with E-state index < -0.39 is 5.97 Å². The average molecular weight is 428 g/mol. The van der Waals surface area contributed by atoms with Crippen molar-refractivity contribution in [3.63, 3.8) is 0 Å². The van der Waals surface area contributed by atoms with Crippen LogP contribution in [0.3, 0.4) is 0 Å². The highest BCUT2D eigenvalue weighted by Crippen LogP contribution is 2.31. The van der Waals surface area contributed by atoms with Crippen molar-refractivity contribution in [2.45, 2.75) is 32.9 Å². The van der Waals surface area contributed by atoms with Crippen LogP contribution in [-0.4, -0.2) is 26.4 Å². The number of benzene rings is 2. The average Bonchev–Trinajstić information content (AvgIpc) is 3.00. The van der Waals surface area contributed by atoms with Crippen molar-refractivity contribution < 1.29 is 9.90 Å². The van der Waals surface area contributed by atoms with Gasteiger partial charge in [0.25, 0.3) is 0 Å². The van der Waals surface area contributed by atoms with Gasteiger partial charge in [-0.05, 0) is 45.0 Å². The van der Waals surface area contributed by atoms with Crippen molar-refractivity contribution in [3.8, 4) is 16.9 Å². The summed E-state index contributed by atoms with van der Waals surface area (Å²) in [5, 5.41) is 17.6. The number of aromatic nitrogens is 2. The highest BCUT2D eigenvalue weighted by atomic mass is 79.9. The van der Waals surface area contributed by atoms with E-state index in [1.54, 1.807) is 4.68 Å². The number of halogens is 1. The fraction of sp³-hybridized carbons (Fsp3) is 0.238. The van der Waals surface area contributed by atoms with E-state index in [9.17, 15) is 9.90 Å². The first-order valence-corrected chi connectivity index (χ1v) is 9.47. The highest BCUT2D eigenvalue weighted by molar-refractivity contribution is 9.10. The van der Waals surface area contributed by atoms with Crippen molar-refractivity contribution in [2.75, 3.05) is 0 Å². The van der Waals surface area contributed by atoms with Gasteiger partial charge in [-0.15, -0.1) is 0 Å². The van der Waals surface area contributed by atoms with Crippen LogP contribution in [0.5, 0.6) is 0 Å². The van der Waals surface area contributed by atoms with E-state index in [0.717, 1.165) is 21.4 Å². The first kappa shape index (κ1) is 19.3. The number of carboxylic acid groups (broad SMARTS) is 1. The van der Waals surface area contributed by atoms with Gasteiger partial charge in [0.2, 0.25) is 0 Å². The van der Waals surface area contributed by atoms with Crippen LogP contribution in [0.1, 0.15) is 36.8 Å². The fourth-order valence-corrected chi connectivity index (χ4v) is 3.07. The van der Waals surface area contributed by atoms with Crippen LogP contribution in [0.2, 0.25) is 0 Å². The minimum absolute atomic E-state index is 0.0634. The second-order valence-corrected chi connectivity index (χ2v) is 8.25. The summed E-state index contributed by atoms with van der Waals surface area (Å²) in [6.45, 7) is 6.56. The van der Waals surface area contributed by atoms with Crippen molar-refractivity contribution in [2.24, 2.45) is 0 Å². The van der Waals surface area contributed by atoms with Crippen LogP contribution >= 0.6 is 15.9 Å². The lowest BCUT2D eigenvalue weighted by atomic mass is 10.0. The molecule has 0 aliphatic heterocycles. The van der Waals surface area contributed by atoms with Crippen LogP contribution < -0.4 is 5.32 Å². The SMILES string of the molecule is CC(C)(C)NCc1c(C(=O)O)nn(-c2ccccc2)c1-c1ccc(Br)cc1. The summed E-state index contributed by atoms with van der Waals surface area (Å²) >= 11 is 3.46. The van der Waals surface area contributed by atoms with Gasteiger partial charge in [-0.2, -0.15) is 5.10 Å². The fourth-order valence-electron chi connectivity index (χ4n) is 2.80. The number of nitrogens with one attached hydrogen (secondary N) is 1.